The summed E-state index contributed by atoms with van der Waals surface area (Å²) in [5.74, 6) is 0.112. The van der Waals surface area contributed by atoms with E-state index >= 15 is 0 Å². The molecule has 0 saturated carbocycles. The highest BCUT2D eigenvalue weighted by Gasteiger charge is 2.31. The van der Waals surface area contributed by atoms with Crippen LogP contribution in [0.15, 0.2) is 65.3 Å². The van der Waals surface area contributed by atoms with E-state index in [1.165, 1.54) is 17.0 Å². The lowest BCUT2D eigenvalue weighted by Gasteiger charge is -2.33. The number of furan rings is 1. The summed E-state index contributed by atoms with van der Waals surface area (Å²) in [6.07, 6.45) is 3.13. The van der Waals surface area contributed by atoms with Crippen LogP contribution in [-0.2, 0) is 11.3 Å². The highest BCUT2D eigenvalue weighted by Crippen LogP contribution is 2.22. The summed E-state index contributed by atoms with van der Waals surface area (Å²) < 4.78 is 5.22. The van der Waals surface area contributed by atoms with Crippen molar-refractivity contribution in [1.82, 2.24) is 9.80 Å². The van der Waals surface area contributed by atoms with Crippen molar-refractivity contribution in [3.05, 3.63) is 72.2 Å². The van der Waals surface area contributed by atoms with Gasteiger partial charge < -0.3 is 14.2 Å². The standard InChI is InChI=1S/C23H24N2O3/c1-24(15-17-10-11-18-6-2-3-7-19(18)14-17)22(26)20-8-4-12-25(16-20)23(27)21-9-5-13-28-21/h2-3,5-7,9-11,13-14,20H,4,8,12,15-16H2,1H3. The second-order valence-electron chi connectivity index (χ2n) is 7.44. The highest BCUT2D eigenvalue weighted by molar-refractivity contribution is 5.92. The van der Waals surface area contributed by atoms with Gasteiger partial charge in [-0.05, 0) is 47.4 Å². The number of carbonyl (C=O) groups excluding carboxylic acids is 2. The van der Waals surface area contributed by atoms with Crippen LogP contribution in [0.2, 0.25) is 0 Å². The average Bonchev–Trinajstić information content (AvgIpc) is 3.27. The van der Waals surface area contributed by atoms with E-state index in [2.05, 4.69) is 30.3 Å². The third-order valence-corrected chi connectivity index (χ3v) is 5.40. The minimum absolute atomic E-state index is 0.0881. The van der Waals surface area contributed by atoms with Crippen molar-refractivity contribution < 1.29 is 14.0 Å². The van der Waals surface area contributed by atoms with Crippen LogP contribution in [0, 0.1) is 5.92 Å². The molecular formula is C23H24N2O3. The summed E-state index contributed by atoms with van der Waals surface area (Å²) in [6, 6.07) is 17.9. The summed E-state index contributed by atoms with van der Waals surface area (Å²) in [5, 5.41) is 2.37. The molecule has 0 bridgehead atoms. The smallest absolute Gasteiger partial charge is 0.289 e. The molecular weight excluding hydrogens is 352 g/mol. The molecule has 1 fully saturated rings. The minimum Gasteiger partial charge on any atom is -0.459 e. The number of carbonyl (C=O) groups is 2. The van der Waals surface area contributed by atoms with E-state index in [-0.39, 0.29) is 17.7 Å². The molecule has 1 saturated heterocycles. The number of benzene rings is 2. The first kappa shape index (κ1) is 18.3. The fourth-order valence-electron chi connectivity index (χ4n) is 3.92. The zero-order valence-corrected chi connectivity index (χ0v) is 16.0. The van der Waals surface area contributed by atoms with Crippen LogP contribution in [0.25, 0.3) is 10.8 Å². The fraction of sp³-hybridized carbons (Fsp3) is 0.304. The molecule has 2 heterocycles. The summed E-state index contributed by atoms with van der Waals surface area (Å²) in [5.41, 5.74) is 1.11. The topological polar surface area (TPSA) is 53.8 Å². The Morgan fingerprint density at radius 3 is 2.71 bits per heavy atom. The molecule has 1 aromatic heterocycles. The Bertz CT molecular complexity index is 980. The number of nitrogens with zero attached hydrogens (tertiary/aromatic N) is 2. The van der Waals surface area contributed by atoms with Crippen LogP contribution in [0.5, 0.6) is 0 Å². The lowest BCUT2D eigenvalue weighted by molar-refractivity contribution is -0.136. The molecule has 2 aromatic carbocycles. The van der Waals surface area contributed by atoms with E-state index in [4.69, 9.17) is 4.42 Å². The number of hydrogen-bond donors (Lipinski definition) is 0. The highest BCUT2D eigenvalue weighted by atomic mass is 16.3. The Morgan fingerprint density at radius 1 is 1.11 bits per heavy atom. The summed E-state index contributed by atoms with van der Waals surface area (Å²) in [6.45, 7) is 1.67. The van der Waals surface area contributed by atoms with Crippen molar-refractivity contribution in [2.75, 3.05) is 20.1 Å². The molecule has 28 heavy (non-hydrogen) atoms. The summed E-state index contributed by atoms with van der Waals surface area (Å²) in [7, 11) is 1.84. The Morgan fingerprint density at radius 2 is 1.93 bits per heavy atom. The lowest BCUT2D eigenvalue weighted by Crippen LogP contribution is -2.45. The molecule has 5 heteroatoms. The van der Waals surface area contributed by atoms with Gasteiger partial charge >= 0.3 is 0 Å². The van der Waals surface area contributed by atoms with Gasteiger partial charge in [0, 0.05) is 26.7 Å². The summed E-state index contributed by atoms with van der Waals surface area (Å²) in [4.78, 5) is 29.0. The Labute approximate surface area is 164 Å². The Balaban J connectivity index is 1.41. The van der Waals surface area contributed by atoms with Gasteiger partial charge in [0.1, 0.15) is 0 Å². The van der Waals surface area contributed by atoms with Crippen LogP contribution in [-0.4, -0.2) is 41.8 Å². The molecule has 0 spiro atoms. The van der Waals surface area contributed by atoms with Gasteiger partial charge in [0.15, 0.2) is 5.76 Å². The zero-order chi connectivity index (χ0) is 19.5. The van der Waals surface area contributed by atoms with Crippen LogP contribution in [0.3, 0.4) is 0 Å². The summed E-state index contributed by atoms with van der Waals surface area (Å²) >= 11 is 0. The molecule has 0 N–H and O–H groups in total. The van der Waals surface area contributed by atoms with Gasteiger partial charge in [-0.1, -0.05) is 36.4 Å². The largest absolute Gasteiger partial charge is 0.459 e. The molecule has 1 aliphatic heterocycles. The van der Waals surface area contributed by atoms with Crippen molar-refractivity contribution >= 4 is 22.6 Å². The zero-order valence-electron chi connectivity index (χ0n) is 16.0. The van der Waals surface area contributed by atoms with Crippen LogP contribution in [0.4, 0.5) is 0 Å². The number of fused-ring (bicyclic) bond motifs is 1. The average molecular weight is 376 g/mol. The lowest BCUT2D eigenvalue weighted by atomic mass is 9.96. The predicted octanol–water partition coefficient (Wildman–Crippen LogP) is 3.94. The molecule has 4 rings (SSSR count). The van der Waals surface area contributed by atoms with Gasteiger partial charge in [0.25, 0.3) is 5.91 Å². The number of piperidine rings is 1. The molecule has 3 aromatic rings. The van der Waals surface area contributed by atoms with Crippen LogP contribution < -0.4 is 0 Å². The van der Waals surface area contributed by atoms with E-state index in [1.807, 2.05) is 19.2 Å². The molecule has 5 nitrogen and oxygen atoms in total. The predicted molar refractivity (Wildman–Crippen MR) is 108 cm³/mol. The molecule has 144 valence electrons. The van der Waals surface area contributed by atoms with Gasteiger partial charge in [0.2, 0.25) is 5.91 Å². The van der Waals surface area contributed by atoms with E-state index in [0.29, 0.717) is 25.4 Å². The maximum Gasteiger partial charge on any atom is 0.289 e. The van der Waals surface area contributed by atoms with Gasteiger partial charge in [-0.2, -0.15) is 0 Å². The van der Waals surface area contributed by atoms with Crippen molar-refractivity contribution in [1.29, 1.82) is 0 Å². The van der Waals surface area contributed by atoms with Gasteiger partial charge in [-0.25, -0.2) is 0 Å². The Hall–Kier alpha value is -3.08. The van der Waals surface area contributed by atoms with E-state index in [0.717, 1.165) is 18.4 Å². The maximum absolute atomic E-state index is 13.0. The van der Waals surface area contributed by atoms with Crippen molar-refractivity contribution in [2.24, 2.45) is 5.92 Å². The number of hydrogen-bond acceptors (Lipinski definition) is 3. The van der Waals surface area contributed by atoms with E-state index in [1.54, 1.807) is 21.9 Å². The minimum atomic E-state index is -0.168. The van der Waals surface area contributed by atoms with Crippen molar-refractivity contribution in [3.63, 3.8) is 0 Å². The quantitative estimate of drug-likeness (QED) is 0.693. The fourth-order valence-corrected chi connectivity index (χ4v) is 3.92. The molecule has 1 aliphatic rings. The molecule has 2 amide bonds. The first-order valence-electron chi connectivity index (χ1n) is 9.67. The van der Waals surface area contributed by atoms with E-state index < -0.39 is 0 Å². The normalized spacial score (nSPS) is 16.9. The molecule has 1 unspecified atom stereocenters. The van der Waals surface area contributed by atoms with Gasteiger partial charge in [0.05, 0.1) is 12.2 Å². The molecule has 0 radical (unpaired) electrons. The number of rotatable bonds is 4. The van der Waals surface area contributed by atoms with Crippen LogP contribution in [0.1, 0.15) is 29.0 Å². The first-order chi connectivity index (χ1) is 13.6. The van der Waals surface area contributed by atoms with Gasteiger partial charge in [-0.3, -0.25) is 9.59 Å². The SMILES string of the molecule is CN(Cc1ccc2ccccc2c1)C(=O)C1CCCN(C(=O)c2ccco2)C1. The Kier molecular flexibility index (Phi) is 5.15. The first-order valence-corrected chi connectivity index (χ1v) is 9.67. The van der Waals surface area contributed by atoms with Crippen molar-refractivity contribution in [2.45, 2.75) is 19.4 Å². The second-order valence-corrected chi connectivity index (χ2v) is 7.44. The number of likely N-dealkylation sites (tertiary alicyclic amines) is 1. The molecule has 1 atom stereocenters. The third-order valence-electron chi connectivity index (χ3n) is 5.40. The number of amides is 2. The molecule has 0 aliphatic carbocycles. The van der Waals surface area contributed by atoms with Crippen molar-refractivity contribution in [3.8, 4) is 0 Å². The second kappa shape index (κ2) is 7.89. The maximum atomic E-state index is 13.0. The monoisotopic (exact) mass is 376 g/mol. The van der Waals surface area contributed by atoms with Gasteiger partial charge in [-0.15, -0.1) is 0 Å². The van der Waals surface area contributed by atoms with E-state index in [9.17, 15) is 9.59 Å². The van der Waals surface area contributed by atoms with Crippen LogP contribution >= 0.6 is 0 Å². The third kappa shape index (κ3) is 3.79.